The molecule has 0 amide bonds. The molecule has 1 N–H and O–H groups in total. The third kappa shape index (κ3) is 3.86. The molecule has 3 aromatic rings. The fourth-order valence-corrected chi connectivity index (χ4v) is 5.43. The van der Waals surface area contributed by atoms with Gasteiger partial charge in [-0.2, -0.15) is 0 Å². The second-order valence-corrected chi connectivity index (χ2v) is 8.79. The maximum Gasteiger partial charge on any atom is 0.250 e. The number of hydrogen-bond donors (Lipinski definition) is 1. The molecule has 1 fully saturated rings. The number of rotatable bonds is 5. The van der Waals surface area contributed by atoms with Gasteiger partial charge in [-0.3, -0.25) is 4.79 Å². The number of nitrogens with zero attached hydrogens (tertiary/aromatic N) is 1. The zero-order valence-electron chi connectivity index (χ0n) is 18.1. The van der Waals surface area contributed by atoms with E-state index in [-0.39, 0.29) is 5.56 Å². The summed E-state index contributed by atoms with van der Waals surface area (Å²) in [7, 11) is 3.38. The van der Waals surface area contributed by atoms with Crippen LogP contribution in [-0.4, -0.2) is 31.9 Å². The van der Waals surface area contributed by atoms with Crippen molar-refractivity contribution >= 4 is 0 Å². The second-order valence-electron chi connectivity index (χ2n) is 8.79. The van der Waals surface area contributed by atoms with E-state index in [1.54, 1.807) is 25.2 Å². The van der Waals surface area contributed by atoms with E-state index >= 15 is 0 Å². The molecule has 3 heterocycles. The van der Waals surface area contributed by atoms with Crippen molar-refractivity contribution in [1.82, 2.24) is 4.57 Å². The van der Waals surface area contributed by atoms with Crippen LogP contribution >= 0.6 is 0 Å². The van der Waals surface area contributed by atoms with Gasteiger partial charge in [0.2, 0.25) is 0 Å². The highest BCUT2D eigenvalue weighted by Crippen LogP contribution is 2.37. The number of methoxy groups -OCH3 is 2. The minimum Gasteiger partial charge on any atom is -0.497 e. The number of hydrogen-bond acceptors (Lipinski definition) is 3. The summed E-state index contributed by atoms with van der Waals surface area (Å²) in [5, 5.41) is 0. The summed E-state index contributed by atoms with van der Waals surface area (Å²) in [5.74, 6) is 2.68. The molecule has 2 aromatic carbocycles. The van der Waals surface area contributed by atoms with Crippen molar-refractivity contribution in [3.05, 3.63) is 82.3 Å². The van der Waals surface area contributed by atoms with Gasteiger partial charge in [0, 0.05) is 41.3 Å². The molecule has 0 spiro atoms. The molecule has 31 heavy (non-hydrogen) atoms. The van der Waals surface area contributed by atoms with Crippen LogP contribution in [0.1, 0.15) is 23.6 Å². The average Bonchev–Trinajstić information content (AvgIpc) is 2.80. The van der Waals surface area contributed by atoms with Gasteiger partial charge in [0.15, 0.2) is 0 Å². The molecule has 2 bridgehead atoms. The maximum absolute atomic E-state index is 12.7. The number of ether oxygens (including phenoxy) is 2. The fraction of sp³-hybridized carbons (Fsp3) is 0.346. The molecule has 3 atom stereocenters. The number of aromatic nitrogens is 1. The molecule has 5 nitrogen and oxygen atoms in total. The predicted octanol–water partition coefficient (Wildman–Crippen LogP) is 2.73. The molecule has 1 unspecified atom stereocenters. The minimum absolute atomic E-state index is 0.126. The second kappa shape index (κ2) is 8.23. The van der Waals surface area contributed by atoms with Gasteiger partial charge in [-0.25, -0.2) is 0 Å². The van der Waals surface area contributed by atoms with Gasteiger partial charge in [-0.05, 0) is 54.4 Å². The van der Waals surface area contributed by atoms with Gasteiger partial charge >= 0.3 is 0 Å². The van der Waals surface area contributed by atoms with E-state index in [0.29, 0.717) is 11.8 Å². The Morgan fingerprint density at radius 2 is 1.58 bits per heavy atom. The summed E-state index contributed by atoms with van der Waals surface area (Å²) in [6.07, 6.45) is 1.17. The minimum atomic E-state index is 0.126. The molecular formula is C26H29N2O3+. The van der Waals surface area contributed by atoms with Crippen LogP contribution in [0.2, 0.25) is 0 Å². The number of nitrogens with one attached hydrogen (secondary N) is 1. The van der Waals surface area contributed by atoms with Crippen LogP contribution in [0.3, 0.4) is 0 Å². The Morgan fingerprint density at radius 1 is 0.903 bits per heavy atom. The molecule has 0 aliphatic carbocycles. The Bertz CT molecular complexity index is 1120. The number of pyridine rings is 1. The lowest BCUT2D eigenvalue weighted by Gasteiger charge is -2.41. The first-order valence-electron chi connectivity index (χ1n) is 11.0. The molecule has 0 saturated carbocycles. The highest BCUT2D eigenvalue weighted by Gasteiger charge is 2.38. The van der Waals surface area contributed by atoms with Crippen molar-refractivity contribution in [3.63, 3.8) is 0 Å². The number of piperidine rings is 1. The smallest absolute Gasteiger partial charge is 0.250 e. The van der Waals surface area contributed by atoms with Crippen LogP contribution in [0.25, 0.3) is 11.1 Å². The summed E-state index contributed by atoms with van der Waals surface area (Å²) in [6, 6.07) is 20.3. The van der Waals surface area contributed by atoms with E-state index in [0.717, 1.165) is 43.2 Å². The average molecular weight is 418 g/mol. The highest BCUT2D eigenvalue weighted by molar-refractivity contribution is 5.67. The van der Waals surface area contributed by atoms with Gasteiger partial charge in [-0.1, -0.05) is 12.1 Å². The Kier molecular flexibility index (Phi) is 5.28. The Hall–Kier alpha value is -3.05. The lowest BCUT2D eigenvalue weighted by Crippen LogP contribution is -3.13. The molecule has 2 aliphatic heterocycles. The molecule has 1 aromatic heterocycles. The standard InChI is InChI=1S/C26H28N2O3/c1-30-22-7-3-18(4-8-22)14-27-15-19-13-21(17-27)26-24(11-12-25(29)28(26)16-19)20-5-9-23(31-2)10-6-20/h3-12,19,21H,13-17H2,1-2H3/p+1/t19-,21+/m0/s1. The number of quaternary nitrogens is 1. The summed E-state index contributed by atoms with van der Waals surface area (Å²) < 4.78 is 12.7. The van der Waals surface area contributed by atoms with Gasteiger partial charge in [0.25, 0.3) is 5.56 Å². The van der Waals surface area contributed by atoms with Crippen molar-refractivity contribution in [2.75, 3.05) is 27.3 Å². The highest BCUT2D eigenvalue weighted by atomic mass is 16.5. The van der Waals surface area contributed by atoms with Crippen molar-refractivity contribution in [3.8, 4) is 22.6 Å². The first-order chi connectivity index (χ1) is 15.1. The molecule has 1 saturated heterocycles. The first kappa shape index (κ1) is 19.9. The summed E-state index contributed by atoms with van der Waals surface area (Å²) in [6.45, 7) is 3.99. The Labute approximate surface area is 182 Å². The van der Waals surface area contributed by atoms with Crippen LogP contribution in [0.5, 0.6) is 11.5 Å². The zero-order valence-corrected chi connectivity index (χ0v) is 18.1. The lowest BCUT2D eigenvalue weighted by atomic mass is 9.80. The van der Waals surface area contributed by atoms with Crippen LogP contribution in [0.15, 0.2) is 65.5 Å². The lowest BCUT2D eigenvalue weighted by molar-refractivity contribution is -0.924. The first-order valence-corrected chi connectivity index (χ1v) is 11.0. The Morgan fingerprint density at radius 3 is 2.26 bits per heavy atom. The van der Waals surface area contributed by atoms with Gasteiger partial charge in [-0.15, -0.1) is 0 Å². The monoisotopic (exact) mass is 417 g/mol. The number of benzene rings is 2. The van der Waals surface area contributed by atoms with Crippen LogP contribution in [-0.2, 0) is 13.1 Å². The van der Waals surface area contributed by atoms with Gasteiger partial charge in [0.05, 0.1) is 27.3 Å². The van der Waals surface area contributed by atoms with Gasteiger partial charge in [0.1, 0.15) is 18.0 Å². The van der Waals surface area contributed by atoms with E-state index in [4.69, 9.17) is 9.47 Å². The molecule has 160 valence electrons. The summed E-state index contributed by atoms with van der Waals surface area (Å²) in [5.41, 5.74) is 4.99. The van der Waals surface area contributed by atoms with Crippen molar-refractivity contribution in [1.29, 1.82) is 0 Å². The quantitative estimate of drug-likeness (QED) is 0.694. The molecular weight excluding hydrogens is 388 g/mol. The SMILES string of the molecule is COc1ccc(C[NH+]2C[C@@H]3C[C@H](C2)c2c(-c4ccc(OC)cc4)ccc(=O)n2C3)cc1. The summed E-state index contributed by atoms with van der Waals surface area (Å²) in [4.78, 5) is 14.3. The van der Waals surface area contributed by atoms with Crippen LogP contribution in [0.4, 0.5) is 0 Å². The van der Waals surface area contributed by atoms with Gasteiger partial charge < -0.3 is 18.9 Å². The van der Waals surface area contributed by atoms with Crippen molar-refractivity contribution in [2.24, 2.45) is 5.92 Å². The normalized spacial score (nSPS) is 21.9. The van der Waals surface area contributed by atoms with E-state index < -0.39 is 0 Å². The number of fused-ring (bicyclic) bond motifs is 4. The van der Waals surface area contributed by atoms with Crippen LogP contribution in [0, 0.1) is 5.92 Å². The predicted molar refractivity (Wildman–Crippen MR) is 121 cm³/mol. The van der Waals surface area contributed by atoms with Crippen LogP contribution < -0.4 is 19.9 Å². The fourth-order valence-electron chi connectivity index (χ4n) is 5.43. The van der Waals surface area contributed by atoms with E-state index in [2.05, 4.69) is 24.3 Å². The van der Waals surface area contributed by atoms with E-state index in [1.165, 1.54) is 23.2 Å². The maximum atomic E-state index is 12.7. The third-order valence-corrected chi connectivity index (χ3v) is 6.80. The van der Waals surface area contributed by atoms with E-state index in [9.17, 15) is 4.79 Å². The summed E-state index contributed by atoms with van der Waals surface area (Å²) >= 11 is 0. The third-order valence-electron chi connectivity index (χ3n) is 6.80. The van der Waals surface area contributed by atoms with Crippen molar-refractivity contribution in [2.45, 2.75) is 25.4 Å². The molecule has 5 heteroatoms. The Balaban J connectivity index is 1.45. The van der Waals surface area contributed by atoms with Crippen molar-refractivity contribution < 1.29 is 14.4 Å². The molecule has 2 aliphatic rings. The largest absolute Gasteiger partial charge is 0.497 e. The zero-order chi connectivity index (χ0) is 21.4. The topological polar surface area (TPSA) is 44.9 Å². The molecule has 5 rings (SSSR count). The number of likely N-dealkylation sites (tertiary alicyclic amines) is 1. The van der Waals surface area contributed by atoms with E-state index in [1.807, 2.05) is 34.9 Å². The molecule has 0 radical (unpaired) electrons.